The molecule has 10 heteroatoms. The second kappa shape index (κ2) is 4.13. The summed E-state index contributed by atoms with van der Waals surface area (Å²) in [6, 6.07) is 0. The van der Waals surface area contributed by atoms with Gasteiger partial charge in [0, 0.05) is 22.4 Å². The van der Waals surface area contributed by atoms with Crippen LogP contribution in [-0.2, 0) is 35.8 Å². The van der Waals surface area contributed by atoms with Crippen molar-refractivity contribution in [3.63, 3.8) is 0 Å². The van der Waals surface area contributed by atoms with Gasteiger partial charge in [-0.3, -0.25) is 0 Å². The Kier molecular flexibility index (Phi) is 5.61. The minimum atomic E-state index is -5.05. The monoisotopic (exact) mass is 285 g/mol. The van der Waals surface area contributed by atoms with E-state index in [0.29, 0.717) is 0 Å². The smallest absolute Gasteiger partial charge is 0.302 e. The summed E-state index contributed by atoms with van der Waals surface area (Å²) in [6.07, 6.45) is 0. The summed E-state index contributed by atoms with van der Waals surface area (Å²) in [6.45, 7) is 0. The number of hydrogen-bond acceptors (Lipinski definition) is 3. The molecule has 0 saturated heterocycles. The largest absolute Gasteiger partial charge is 0.478 e. The number of phosphoric acid groups is 2. The van der Waals surface area contributed by atoms with E-state index in [9.17, 15) is 9.13 Å². The molecule has 0 aromatic rings. The molecule has 0 fully saturated rings. The summed E-state index contributed by atoms with van der Waals surface area (Å²) in [5.41, 5.74) is 0. The van der Waals surface area contributed by atoms with Crippen LogP contribution in [0.15, 0.2) is 0 Å². The molecular weight excluding hydrogens is 282 g/mol. The Hall–Kier alpha value is 1.00. The molecular formula is H4AgO7P2. The Bertz CT molecular complexity index is 152. The summed E-state index contributed by atoms with van der Waals surface area (Å²) in [4.78, 5) is 31.0. The van der Waals surface area contributed by atoms with Crippen LogP contribution in [0.25, 0.3) is 0 Å². The first-order valence-corrected chi connectivity index (χ1v) is 4.59. The van der Waals surface area contributed by atoms with Crippen LogP contribution in [0.2, 0.25) is 0 Å². The van der Waals surface area contributed by atoms with Gasteiger partial charge in [0.15, 0.2) is 0 Å². The van der Waals surface area contributed by atoms with E-state index < -0.39 is 15.6 Å². The van der Waals surface area contributed by atoms with Gasteiger partial charge < -0.3 is 19.6 Å². The average molecular weight is 286 g/mol. The molecule has 0 unspecified atom stereocenters. The van der Waals surface area contributed by atoms with Crippen LogP contribution >= 0.6 is 15.6 Å². The standard InChI is InChI=1S/Ag.H4O7P2/c;1-8(2,3)7-9(4,5)6/h;(H2,1,2,3)(H2,4,5,6). The van der Waals surface area contributed by atoms with Gasteiger partial charge in [-0.2, -0.15) is 4.31 Å². The molecule has 0 spiro atoms. The van der Waals surface area contributed by atoms with Crippen LogP contribution in [0, 0.1) is 0 Å². The molecule has 0 aliphatic rings. The minimum absolute atomic E-state index is 0. The number of rotatable bonds is 2. The fraction of sp³-hybridized carbons (Fsp3) is 0. The Morgan fingerprint density at radius 2 is 1.10 bits per heavy atom. The van der Waals surface area contributed by atoms with Crippen molar-refractivity contribution < 1.29 is 55.4 Å². The van der Waals surface area contributed by atoms with Crippen LogP contribution in [0.5, 0.6) is 0 Å². The third-order valence-electron chi connectivity index (χ3n) is 0.213. The van der Waals surface area contributed by atoms with Gasteiger partial charge in [0.05, 0.1) is 0 Å². The van der Waals surface area contributed by atoms with Gasteiger partial charge in [0.25, 0.3) is 0 Å². The fourth-order valence-electron chi connectivity index (χ4n) is 0.139. The maximum Gasteiger partial charge on any atom is 0.478 e. The zero-order valence-corrected chi connectivity index (χ0v) is 7.48. The molecule has 0 amide bonds. The summed E-state index contributed by atoms with van der Waals surface area (Å²) >= 11 is 0. The normalized spacial score (nSPS) is 12.4. The first-order valence-electron chi connectivity index (χ1n) is 1.53. The van der Waals surface area contributed by atoms with E-state index >= 15 is 0 Å². The summed E-state index contributed by atoms with van der Waals surface area (Å²) in [7, 11) is -10.1. The van der Waals surface area contributed by atoms with Crippen molar-refractivity contribution in [3.05, 3.63) is 0 Å². The van der Waals surface area contributed by atoms with Crippen molar-refractivity contribution in [2.45, 2.75) is 0 Å². The van der Waals surface area contributed by atoms with Crippen LogP contribution in [0.3, 0.4) is 0 Å². The van der Waals surface area contributed by atoms with Gasteiger partial charge in [-0.25, -0.2) is 9.13 Å². The second-order valence-electron chi connectivity index (χ2n) is 1.06. The zero-order chi connectivity index (χ0) is 7.71. The van der Waals surface area contributed by atoms with Crippen molar-refractivity contribution in [2.24, 2.45) is 0 Å². The van der Waals surface area contributed by atoms with E-state index in [-0.39, 0.29) is 22.4 Å². The van der Waals surface area contributed by atoms with Gasteiger partial charge in [-0.05, 0) is 0 Å². The van der Waals surface area contributed by atoms with E-state index in [1.54, 1.807) is 0 Å². The van der Waals surface area contributed by atoms with E-state index in [2.05, 4.69) is 4.31 Å². The molecule has 67 valence electrons. The van der Waals surface area contributed by atoms with Crippen molar-refractivity contribution in [1.29, 1.82) is 0 Å². The maximum atomic E-state index is 9.63. The predicted octanol–water partition coefficient (Wildman–Crippen LogP) is -0.814. The molecule has 0 bridgehead atoms. The molecule has 4 N–H and O–H groups in total. The van der Waals surface area contributed by atoms with Gasteiger partial charge in [-0.1, -0.05) is 0 Å². The van der Waals surface area contributed by atoms with Crippen molar-refractivity contribution in [2.75, 3.05) is 0 Å². The van der Waals surface area contributed by atoms with Crippen molar-refractivity contribution >= 4 is 15.6 Å². The van der Waals surface area contributed by atoms with E-state index in [1.165, 1.54) is 0 Å². The van der Waals surface area contributed by atoms with E-state index in [0.717, 1.165) is 0 Å². The van der Waals surface area contributed by atoms with Gasteiger partial charge in [-0.15, -0.1) is 0 Å². The molecule has 0 aliphatic carbocycles. The molecule has 0 aromatic carbocycles. The third kappa shape index (κ3) is 11.8. The third-order valence-corrected chi connectivity index (χ3v) is 1.91. The fourth-order valence-corrected chi connectivity index (χ4v) is 1.25. The topological polar surface area (TPSA) is 124 Å². The van der Waals surface area contributed by atoms with E-state index in [1.807, 2.05) is 0 Å². The summed E-state index contributed by atoms with van der Waals surface area (Å²) in [5.74, 6) is 0. The van der Waals surface area contributed by atoms with E-state index in [4.69, 9.17) is 19.6 Å². The van der Waals surface area contributed by atoms with Crippen molar-refractivity contribution in [3.8, 4) is 0 Å². The number of hydrogen-bond donors (Lipinski definition) is 4. The second-order valence-corrected chi connectivity index (χ2v) is 3.68. The van der Waals surface area contributed by atoms with Crippen LogP contribution in [-0.4, -0.2) is 19.6 Å². The quantitative estimate of drug-likeness (QED) is 0.386. The van der Waals surface area contributed by atoms with Crippen LogP contribution in [0.1, 0.15) is 0 Å². The molecule has 0 saturated carbocycles. The minimum Gasteiger partial charge on any atom is -0.302 e. The predicted molar refractivity (Wildman–Crippen MR) is 25.2 cm³/mol. The maximum absolute atomic E-state index is 9.63. The molecule has 0 aliphatic heterocycles. The first kappa shape index (κ1) is 13.6. The average Bonchev–Trinajstić information content (AvgIpc) is 1.14. The molecule has 0 rings (SSSR count). The Labute approximate surface area is 71.4 Å². The first-order chi connectivity index (χ1) is 3.71. The summed E-state index contributed by atoms with van der Waals surface area (Å²) in [5, 5.41) is 0. The SMILES string of the molecule is O=P(O)(O)OP(=O)(O)O.[Ag]. The van der Waals surface area contributed by atoms with Gasteiger partial charge in [0.2, 0.25) is 0 Å². The van der Waals surface area contributed by atoms with Gasteiger partial charge >= 0.3 is 15.6 Å². The Morgan fingerprint density at radius 3 is 1.10 bits per heavy atom. The van der Waals surface area contributed by atoms with Crippen LogP contribution in [0.4, 0.5) is 0 Å². The summed E-state index contributed by atoms with van der Waals surface area (Å²) < 4.78 is 22.2. The molecule has 10 heavy (non-hydrogen) atoms. The Balaban J connectivity index is 0. The molecule has 1 radical (unpaired) electrons. The Morgan fingerprint density at radius 1 is 0.900 bits per heavy atom. The van der Waals surface area contributed by atoms with Crippen LogP contribution < -0.4 is 0 Å². The molecule has 0 atom stereocenters. The molecule has 0 aromatic heterocycles. The zero-order valence-electron chi connectivity index (χ0n) is 4.21. The molecule has 0 heterocycles. The van der Waals surface area contributed by atoms with Gasteiger partial charge in [0.1, 0.15) is 0 Å². The van der Waals surface area contributed by atoms with Crippen molar-refractivity contribution in [1.82, 2.24) is 0 Å². The molecule has 7 nitrogen and oxygen atoms in total.